The van der Waals surface area contributed by atoms with Crippen LogP contribution < -0.4 is 0 Å². The van der Waals surface area contributed by atoms with Crippen molar-refractivity contribution in [1.29, 1.82) is 0 Å². The van der Waals surface area contributed by atoms with Crippen LogP contribution >= 0.6 is 0 Å². The van der Waals surface area contributed by atoms with Crippen LogP contribution in [0.3, 0.4) is 0 Å². The zero-order valence-corrected chi connectivity index (χ0v) is 14.6. The monoisotopic (exact) mass is 358 g/mol. The van der Waals surface area contributed by atoms with Crippen LogP contribution in [-0.2, 0) is 14.4 Å². The number of ether oxygens (including phenoxy) is 1. The van der Waals surface area contributed by atoms with Gasteiger partial charge in [-0.25, -0.2) is 9.59 Å². The van der Waals surface area contributed by atoms with Gasteiger partial charge in [-0.15, -0.1) is 6.42 Å². The zero-order chi connectivity index (χ0) is 19.5. The first-order valence-electron chi connectivity index (χ1n) is 7.74. The molecule has 1 aromatic rings. The lowest BCUT2D eigenvalue weighted by Gasteiger charge is -2.25. The molecule has 0 spiro atoms. The van der Waals surface area contributed by atoms with E-state index in [1.165, 1.54) is 12.1 Å². The summed E-state index contributed by atoms with van der Waals surface area (Å²) in [5.74, 6) is -0.265. The Kier molecular flexibility index (Phi) is 5.31. The van der Waals surface area contributed by atoms with Crippen LogP contribution in [0, 0.1) is 12.3 Å². The number of nitrogens with zero attached hydrogens (tertiary/aromatic N) is 2. The molecule has 8 heteroatoms. The number of carbonyl (C=O) groups excluding carboxylic acids is 4. The first-order chi connectivity index (χ1) is 12.1. The number of rotatable bonds is 4. The van der Waals surface area contributed by atoms with Gasteiger partial charge in [-0.1, -0.05) is 23.1 Å². The highest BCUT2D eigenvalue weighted by atomic mass is 16.7. The maximum atomic E-state index is 12.2. The second-order valence-electron chi connectivity index (χ2n) is 6.45. The standard InChI is InChI=1S/C18H18N2O6/c1-5-10-19(17(24)25-18(2,3)4)11-14(21)26-20-15(22)12-8-6-7-9-13(12)16(20)23/h1,6-9H,10-11H2,2-4H3. The first-order valence-corrected chi connectivity index (χ1v) is 7.74. The molecule has 0 saturated heterocycles. The zero-order valence-electron chi connectivity index (χ0n) is 14.6. The molecule has 0 atom stereocenters. The Morgan fingerprint density at radius 1 is 1.15 bits per heavy atom. The molecule has 2 rings (SSSR count). The van der Waals surface area contributed by atoms with Crippen LogP contribution in [0.4, 0.5) is 4.79 Å². The van der Waals surface area contributed by atoms with Crippen LogP contribution in [-0.4, -0.2) is 52.5 Å². The van der Waals surface area contributed by atoms with Crippen molar-refractivity contribution in [2.75, 3.05) is 13.1 Å². The number of carbonyl (C=O) groups is 4. The molecule has 0 unspecified atom stereocenters. The molecule has 0 aliphatic carbocycles. The van der Waals surface area contributed by atoms with Crippen molar-refractivity contribution in [1.82, 2.24) is 9.96 Å². The summed E-state index contributed by atoms with van der Waals surface area (Å²) >= 11 is 0. The predicted octanol–water partition coefficient (Wildman–Crippen LogP) is 1.61. The van der Waals surface area contributed by atoms with Crippen molar-refractivity contribution in [3.8, 4) is 12.3 Å². The van der Waals surface area contributed by atoms with E-state index in [-0.39, 0.29) is 17.7 Å². The second kappa shape index (κ2) is 7.27. The molecule has 1 aliphatic rings. The van der Waals surface area contributed by atoms with Gasteiger partial charge in [0.2, 0.25) is 0 Å². The minimum atomic E-state index is -0.999. The first kappa shape index (κ1) is 19.0. The Morgan fingerprint density at radius 3 is 2.15 bits per heavy atom. The lowest BCUT2D eigenvalue weighted by atomic mass is 10.1. The molecule has 1 heterocycles. The van der Waals surface area contributed by atoms with E-state index in [1.54, 1.807) is 32.9 Å². The normalized spacial score (nSPS) is 13.1. The lowest BCUT2D eigenvalue weighted by molar-refractivity contribution is -0.169. The number of fused-ring (bicyclic) bond motifs is 1. The summed E-state index contributed by atoms with van der Waals surface area (Å²) in [6.07, 6.45) is 4.39. The second-order valence-corrected chi connectivity index (χ2v) is 6.45. The molecule has 8 nitrogen and oxygen atoms in total. The van der Waals surface area contributed by atoms with Crippen molar-refractivity contribution >= 4 is 23.9 Å². The minimum Gasteiger partial charge on any atom is -0.444 e. The van der Waals surface area contributed by atoms with Crippen LogP contribution in [0.2, 0.25) is 0 Å². The van der Waals surface area contributed by atoms with Gasteiger partial charge in [-0.3, -0.25) is 14.5 Å². The van der Waals surface area contributed by atoms with Crippen LogP contribution in [0.15, 0.2) is 24.3 Å². The van der Waals surface area contributed by atoms with Gasteiger partial charge >= 0.3 is 12.1 Å². The Hall–Kier alpha value is -3.34. The molecule has 1 aliphatic heterocycles. The minimum absolute atomic E-state index is 0.137. The van der Waals surface area contributed by atoms with Crippen LogP contribution in [0.25, 0.3) is 0 Å². The van der Waals surface area contributed by atoms with Gasteiger partial charge in [0.25, 0.3) is 11.8 Å². The van der Waals surface area contributed by atoms with Crippen LogP contribution in [0.1, 0.15) is 41.5 Å². The summed E-state index contributed by atoms with van der Waals surface area (Å²) in [7, 11) is 0. The number of amides is 3. The molecule has 0 bridgehead atoms. The van der Waals surface area contributed by atoms with E-state index < -0.39 is 36.0 Å². The fraction of sp³-hybridized carbons (Fsp3) is 0.333. The number of hydrogen-bond donors (Lipinski definition) is 0. The maximum absolute atomic E-state index is 12.2. The van der Waals surface area contributed by atoms with Crippen molar-refractivity contribution in [2.24, 2.45) is 0 Å². The Bertz CT molecular complexity index is 768. The number of imide groups is 1. The Labute approximate surface area is 150 Å². The summed E-state index contributed by atoms with van der Waals surface area (Å²) in [6.45, 7) is 4.21. The molecule has 0 fully saturated rings. The Balaban J connectivity index is 2.05. The molecule has 0 radical (unpaired) electrons. The Morgan fingerprint density at radius 2 is 1.69 bits per heavy atom. The van der Waals surface area contributed by atoms with Gasteiger partial charge in [0.05, 0.1) is 17.7 Å². The summed E-state index contributed by atoms with van der Waals surface area (Å²) < 4.78 is 5.15. The molecule has 136 valence electrons. The highest BCUT2D eigenvalue weighted by Crippen LogP contribution is 2.22. The van der Waals surface area contributed by atoms with Gasteiger partial charge in [0.1, 0.15) is 12.1 Å². The quantitative estimate of drug-likeness (QED) is 0.600. The summed E-state index contributed by atoms with van der Waals surface area (Å²) in [4.78, 5) is 54.3. The van der Waals surface area contributed by atoms with E-state index in [1.807, 2.05) is 0 Å². The van der Waals surface area contributed by atoms with Crippen molar-refractivity contribution in [3.05, 3.63) is 35.4 Å². The van der Waals surface area contributed by atoms with Gasteiger partial charge in [-0.05, 0) is 32.9 Å². The van der Waals surface area contributed by atoms with E-state index in [2.05, 4.69) is 5.92 Å². The molecule has 1 aromatic carbocycles. The van der Waals surface area contributed by atoms with Gasteiger partial charge < -0.3 is 9.57 Å². The third kappa shape index (κ3) is 4.19. The van der Waals surface area contributed by atoms with E-state index in [0.717, 1.165) is 4.90 Å². The third-order valence-electron chi connectivity index (χ3n) is 3.20. The highest BCUT2D eigenvalue weighted by Gasteiger charge is 2.39. The van der Waals surface area contributed by atoms with Crippen molar-refractivity contribution in [2.45, 2.75) is 26.4 Å². The van der Waals surface area contributed by atoms with Gasteiger partial charge in [0, 0.05) is 0 Å². The third-order valence-corrected chi connectivity index (χ3v) is 3.20. The molecular weight excluding hydrogens is 340 g/mol. The molecule has 0 saturated carbocycles. The lowest BCUT2D eigenvalue weighted by Crippen LogP contribution is -2.42. The molecule has 0 aromatic heterocycles. The largest absolute Gasteiger partial charge is 0.444 e. The van der Waals surface area contributed by atoms with E-state index >= 15 is 0 Å². The molecular formula is C18H18N2O6. The number of terminal acetylenes is 1. The molecule has 0 N–H and O–H groups in total. The smallest absolute Gasteiger partial charge is 0.411 e. The average Bonchev–Trinajstić information content (AvgIpc) is 2.78. The fourth-order valence-corrected chi connectivity index (χ4v) is 2.16. The molecule has 3 amide bonds. The van der Waals surface area contributed by atoms with E-state index in [0.29, 0.717) is 5.06 Å². The fourth-order valence-electron chi connectivity index (χ4n) is 2.16. The average molecular weight is 358 g/mol. The predicted molar refractivity (Wildman–Crippen MR) is 89.7 cm³/mol. The van der Waals surface area contributed by atoms with Gasteiger partial charge in [-0.2, -0.15) is 0 Å². The maximum Gasteiger partial charge on any atom is 0.411 e. The van der Waals surface area contributed by atoms with Crippen molar-refractivity contribution in [3.63, 3.8) is 0 Å². The van der Waals surface area contributed by atoms with Crippen LogP contribution in [0.5, 0.6) is 0 Å². The van der Waals surface area contributed by atoms with E-state index in [9.17, 15) is 19.2 Å². The van der Waals surface area contributed by atoms with E-state index in [4.69, 9.17) is 16.0 Å². The number of hydrogen-bond acceptors (Lipinski definition) is 6. The summed E-state index contributed by atoms with van der Waals surface area (Å²) in [5, 5.41) is 0.371. The topological polar surface area (TPSA) is 93.2 Å². The summed E-state index contributed by atoms with van der Waals surface area (Å²) in [5.41, 5.74) is -0.507. The van der Waals surface area contributed by atoms with Crippen molar-refractivity contribution < 1.29 is 28.8 Å². The SMILES string of the molecule is C#CCN(CC(=O)ON1C(=O)c2ccccc2C1=O)C(=O)OC(C)(C)C. The number of hydroxylamine groups is 2. The number of benzene rings is 1. The summed E-state index contributed by atoms with van der Waals surface area (Å²) in [6, 6.07) is 6.09. The molecule has 26 heavy (non-hydrogen) atoms. The highest BCUT2D eigenvalue weighted by molar-refractivity contribution is 6.20. The van der Waals surface area contributed by atoms with Gasteiger partial charge in [0.15, 0.2) is 0 Å².